The topological polar surface area (TPSA) is 54.6 Å². The number of benzene rings is 1. The number of aromatic nitrogens is 1. The summed E-state index contributed by atoms with van der Waals surface area (Å²) in [5.41, 5.74) is 6.95. The van der Waals surface area contributed by atoms with Crippen LogP contribution < -0.4 is 0 Å². The second-order valence-electron chi connectivity index (χ2n) is 5.88. The van der Waals surface area contributed by atoms with E-state index < -0.39 is 11.9 Å². The van der Waals surface area contributed by atoms with Crippen LogP contribution in [0.3, 0.4) is 0 Å². The Morgan fingerprint density at radius 1 is 1.33 bits per heavy atom. The van der Waals surface area contributed by atoms with E-state index in [2.05, 4.69) is 31.8 Å². The smallest absolute Gasteiger partial charge is 0.318 e. The Bertz CT molecular complexity index is 784. The molecule has 2 aromatic rings. The molecule has 1 N–H and O–H groups in total. The second kappa shape index (κ2) is 4.72. The quantitative estimate of drug-likeness (QED) is 0.875. The zero-order valence-electron chi connectivity index (χ0n) is 12.9. The fourth-order valence-electron chi connectivity index (χ4n) is 3.42. The predicted octanol–water partition coefficient (Wildman–Crippen LogP) is 2.90. The highest BCUT2D eigenvalue weighted by Gasteiger charge is 2.29. The normalized spacial score (nSPS) is 17.8. The van der Waals surface area contributed by atoms with Gasteiger partial charge in [-0.15, -0.1) is 0 Å². The molecular weight excluding hydrogens is 264 g/mol. The minimum atomic E-state index is -0.834. The van der Waals surface area contributed by atoms with Crippen LogP contribution in [0.5, 0.6) is 0 Å². The average molecular weight is 284 g/mol. The summed E-state index contributed by atoms with van der Waals surface area (Å²) in [4.78, 5) is 15.9. The molecule has 2 heterocycles. The van der Waals surface area contributed by atoms with Gasteiger partial charge >= 0.3 is 5.97 Å². The molecule has 0 spiro atoms. The van der Waals surface area contributed by atoms with Gasteiger partial charge in [0.2, 0.25) is 0 Å². The molecule has 110 valence electrons. The molecule has 21 heavy (non-hydrogen) atoms. The first-order chi connectivity index (χ1) is 9.93. The molecule has 1 aromatic carbocycles. The Labute approximate surface area is 124 Å². The van der Waals surface area contributed by atoms with Crippen molar-refractivity contribution in [2.75, 3.05) is 6.54 Å². The summed E-state index contributed by atoms with van der Waals surface area (Å²) in [6, 6.07) is 2.17. The maximum atomic E-state index is 11.6. The van der Waals surface area contributed by atoms with E-state index in [1.807, 2.05) is 11.6 Å². The SMILES string of the molecule is Cc1cc2c(c(C)c1C)c1c(n2C)C(C(=O)O)C=NCC1. The standard InChI is InChI=1S/C17H20N2O2/c1-9-7-14-15(11(3)10(9)2)12-5-6-18-8-13(17(20)21)16(12)19(14)4/h7-8,13H,5-6H2,1-4H3,(H,20,21). The predicted molar refractivity (Wildman–Crippen MR) is 84.6 cm³/mol. The fourth-order valence-corrected chi connectivity index (χ4v) is 3.42. The first kappa shape index (κ1) is 13.9. The van der Waals surface area contributed by atoms with E-state index in [1.165, 1.54) is 22.1 Å². The Morgan fingerprint density at radius 3 is 2.71 bits per heavy atom. The molecule has 0 bridgehead atoms. The summed E-state index contributed by atoms with van der Waals surface area (Å²) in [6.45, 7) is 7.02. The van der Waals surface area contributed by atoms with Gasteiger partial charge in [0.05, 0.1) is 0 Å². The van der Waals surface area contributed by atoms with E-state index in [0.29, 0.717) is 6.54 Å². The summed E-state index contributed by atoms with van der Waals surface area (Å²) in [7, 11) is 1.96. The molecule has 1 aromatic heterocycles. The number of carbonyl (C=O) groups is 1. The second-order valence-corrected chi connectivity index (χ2v) is 5.88. The number of rotatable bonds is 1. The molecule has 3 rings (SSSR count). The fraction of sp³-hybridized carbons (Fsp3) is 0.412. The lowest BCUT2D eigenvalue weighted by molar-refractivity contribution is -0.137. The van der Waals surface area contributed by atoms with Gasteiger partial charge in [0.1, 0.15) is 5.92 Å². The number of carboxylic acid groups (broad SMARTS) is 1. The number of aryl methyl sites for hydroxylation is 3. The Morgan fingerprint density at radius 2 is 2.05 bits per heavy atom. The van der Waals surface area contributed by atoms with Crippen molar-refractivity contribution in [3.05, 3.63) is 34.0 Å². The minimum absolute atomic E-state index is 0.653. The Kier molecular flexibility index (Phi) is 3.12. The third-order valence-electron chi connectivity index (χ3n) is 4.78. The van der Waals surface area contributed by atoms with Crippen LogP contribution in [0.4, 0.5) is 0 Å². The number of nitrogens with zero attached hydrogens (tertiary/aromatic N) is 2. The van der Waals surface area contributed by atoms with Crippen LogP contribution in [0, 0.1) is 20.8 Å². The van der Waals surface area contributed by atoms with Gasteiger partial charge in [-0.3, -0.25) is 9.79 Å². The first-order valence-corrected chi connectivity index (χ1v) is 7.24. The summed E-state index contributed by atoms with van der Waals surface area (Å²) in [5.74, 6) is -1.49. The third kappa shape index (κ3) is 1.89. The van der Waals surface area contributed by atoms with Crippen LogP contribution in [-0.2, 0) is 18.3 Å². The highest BCUT2D eigenvalue weighted by molar-refractivity contribution is 5.99. The molecule has 1 aliphatic rings. The number of fused-ring (bicyclic) bond motifs is 3. The summed E-state index contributed by atoms with van der Waals surface area (Å²) in [5, 5.41) is 10.7. The van der Waals surface area contributed by atoms with E-state index in [-0.39, 0.29) is 0 Å². The van der Waals surface area contributed by atoms with Gasteiger partial charge in [-0.1, -0.05) is 0 Å². The van der Waals surface area contributed by atoms with E-state index in [0.717, 1.165) is 23.2 Å². The number of aliphatic carboxylic acids is 1. The van der Waals surface area contributed by atoms with Crippen molar-refractivity contribution in [3.63, 3.8) is 0 Å². The molecule has 0 fully saturated rings. The molecule has 1 unspecified atom stereocenters. The van der Waals surface area contributed by atoms with Gasteiger partial charge in [0.15, 0.2) is 0 Å². The lowest BCUT2D eigenvalue weighted by atomic mass is 9.94. The molecule has 1 atom stereocenters. The average Bonchev–Trinajstić information content (AvgIpc) is 2.62. The molecular formula is C17H20N2O2. The van der Waals surface area contributed by atoms with Crippen LogP contribution in [-0.4, -0.2) is 28.4 Å². The summed E-state index contributed by atoms with van der Waals surface area (Å²) >= 11 is 0. The largest absolute Gasteiger partial charge is 0.480 e. The number of hydrogen-bond donors (Lipinski definition) is 1. The Balaban J connectivity index is 2.44. The van der Waals surface area contributed by atoms with E-state index >= 15 is 0 Å². The zero-order valence-corrected chi connectivity index (χ0v) is 12.9. The lowest BCUT2D eigenvalue weighted by Crippen LogP contribution is -2.16. The van der Waals surface area contributed by atoms with E-state index in [4.69, 9.17) is 0 Å². The van der Waals surface area contributed by atoms with Gasteiger partial charge in [-0.25, -0.2) is 0 Å². The van der Waals surface area contributed by atoms with E-state index in [9.17, 15) is 9.90 Å². The van der Waals surface area contributed by atoms with Crippen LogP contribution in [0.2, 0.25) is 0 Å². The van der Waals surface area contributed by atoms with E-state index in [1.54, 1.807) is 6.21 Å². The maximum Gasteiger partial charge on any atom is 0.318 e. The summed E-state index contributed by atoms with van der Waals surface area (Å²) < 4.78 is 2.04. The zero-order chi connectivity index (χ0) is 15.3. The van der Waals surface area contributed by atoms with Crippen LogP contribution in [0.25, 0.3) is 10.9 Å². The number of carboxylic acids is 1. The minimum Gasteiger partial charge on any atom is -0.480 e. The Hall–Kier alpha value is -2.10. The monoisotopic (exact) mass is 284 g/mol. The van der Waals surface area contributed by atoms with Crippen LogP contribution in [0.1, 0.15) is 33.9 Å². The van der Waals surface area contributed by atoms with Crippen molar-refractivity contribution >= 4 is 23.1 Å². The van der Waals surface area contributed by atoms with Crippen molar-refractivity contribution in [2.24, 2.45) is 12.0 Å². The number of hydrogen-bond acceptors (Lipinski definition) is 2. The maximum absolute atomic E-state index is 11.6. The van der Waals surface area contributed by atoms with Crippen molar-refractivity contribution in [1.29, 1.82) is 0 Å². The van der Waals surface area contributed by atoms with Gasteiger partial charge in [-0.05, 0) is 55.5 Å². The van der Waals surface area contributed by atoms with Crippen molar-refractivity contribution in [1.82, 2.24) is 4.57 Å². The number of aliphatic imine (C=N–C) groups is 1. The summed E-state index contributed by atoms with van der Waals surface area (Å²) in [6.07, 6.45) is 2.39. The van der Waals surface area contributed by atoms with Crippen molar-refractivity contribution in [3.8, 4) is 0 Å². The van der Waals surface area contributed by atoms with Crippen LogP contribution in [0.15, 0.2) is 11.1 Å². The van der Waals surface area contributed by atoms with Gasteiger partial charge < -0.3 is 9.67 Å². The third-order valence-corrected chi connectivity index (χ3v) is 4.78. The highest BCUT2D eigenvalue weighted by Crippen LogP contribution is 2.36. The van der Waals surface area contributed by atoms with Gasteiger partial charge in [-0.2, -0.15) is 0 Å². The van der Waals surface area contributed by atoms with Crippen LogP contribution >= 0.6 is 0 Å². The van der Waals surface area contributed by atoms with Crippen molar-refractivity contribution in [2.45, 2.75) is 33.1 Å². The molecule has 4 nitrogen and oxygen atoms in total. The molecule has 4 heteroatoms. The molecule has 0 amide bonds. The van der Waals surface area contributed by atoms with Gasteiger partial charge in [0, 0.05) is 36.4 Å². The highest BCUT2D eigenvalue weighted by atomic mass is 16.4. The lowest BCUT2D eigenvalue weighted by Gasteiger charge is -2.10. The molecule has 0 saturated carbocycles. The first-order valence-electron chi connectivity index (χ1n) is 7.24. The molecule has 1 aliphatic heterocycles. The molecule has 0 saturated heterocycles. The molecule has 0 aliphatic carbocycles. The molecule has 0 radical (unpaired) electrons. The van der Waals surface area contributed by atoms with Gasteiger partial charge in [0.25, 0.3) is 0 Å². The van der Waals surface area contributed by atoms with Crippen molar-refractivity contribution < 1.29 is 9.90 Å².